The fourth-order valence-electron chi connectivity index (χ4n) is 3.41. The maximum atomic E-state index is 11.9. The zero-order valence-electron chi connectivity index (χ0n) is 13.2. The molecule has 1 heterocycles. The topological polar surface area (TPSA) is 32.3 Å². The van der Waals surface area contributed by atoms with Crippen molar-refractivity contribution in [2.75, 3.05) is 13.1 Å². The van der Waals surface area contributed by atoms with E-state index in [4.69, 9.17) is 11.6 Å². The Balaban J connectivity index is 1.54. The average Bonchev–Trinajstić information content (AvgIpc) is 3.36. The average molecular weight is 321 g/mol. The summed E-state index contributed by atoms with van der Waals surface area (Å²) in [5.74, 6) is 0.596. The van der Waals surface area contributed by atoms with Crippen molar-refractivity contribution in [3.8, 4) is 0 Å². The zero-order valence-corrected chi connectivity index (χ0v) is 14.0. The molecule has 0 bridgehead atoms. The lowest BCUT2D eigenvalue weighted by Crippen LogP contribution is -2.46. The molecule has 3 rings (SSSR count). The van der Waals surface area contributed by atoms with Crippen LogP contribution in [0.15, 0.2) is 24.3 Å². The summed E-state index contributed by atoms with van der Waals surface area (Å²) >= 11 is 5.99. The minimum atomic E-state index is 0.281. The smallest absolute Gasteiger partial charge is 0.223 e. The fraction of sp³-hybridized carbons (Fsp3) is 0.611. The van der Waals surface area contributed by atoms with Gasteiger partial charge in [-0.25, -0.2) is 0 Å². The van der Waals surface area contributed by atoms with Crippen molar-refractivity contribution < 1.29 is 4.79 Å². The molecule has 1 N–H and O–H groups in total. The molecule has 4 heteroatoms. The molecular formula is C18H25ClN2O. The normalized spacial score (nSPS) is 21.5. The van der Waals surface area contributed by atoms with E-state index in [1.165, 1.54) is 5.56 Å². The van der Waals surface area contributed by atoms with Crippen molar-refractivity contribution in [2.45, 2.75) is 51.1 Å². The molecule has 0 radical (unpaired) electrons. The number of benzene rings is 1. The van der Waals surface area contributed by atoms with Gasteiger partial charge in [0.25, 0.3) is 0 Å². The van der Waals surface area contributed by atoms with Gasteiger partial charge in [-0.05, 0) is 49.8 Å². The molecule has 0 aromatic heterocycles. The van der Waals surface area contributed by atoms with Crippen LogP contribution in [-0.4, -0.2) is 29.9 Å². The number of halogens is 1. The van der Waals surface area contributed by atoms with Crippen LogP contribution < -0.4 is 5.32 Å². The number of hydrogen-bond acceptors (Lipinski definition) is 2. The van der Waals surface area contributed by atoms with E-state index in [0.29, 0.717) is 18.0 Å². The summed E-state index contributed by atoms with van der Waals surface area (Å²) in [6.45, 7) is 4.34. The van der Waals surface area contributed by atoms with Crippen LogP contribution in [0.25, 0.3) is 0 Å². The lowest BCUT2D eigenvalue weighted by atomic mass is 9.97. The molecule has 3 nitrogen and oxygen atoms in total. The van der Waals surface area contributed by atoms with Gasteiger partial charge in [0.2, 0.25) is 5.91 Å². The lowest BCUT2D eigenvalue weighted by Gasteiger charge is -2.37. The Hall–Kier alpha value is -1.06. The minimum Gasteiger partial charge on any atom is -0.353 e. The zero-order chi connectivity index (χ0) is 15.5. The largest absolute Gasteiger partial charge is 0.353 e. The molecule has 1 amide bonds. The Morgan fingerprint density at radius 3 is 2.41 bits per heavy atom. The first-order chi connectivity index (χ1) is 10.7. The molecule has 0 spiro atoms. The Morgan fingerprint density at radius 1 is 1.23 bits per heavy atom. The first-order valence-corrected chi connectivity index (χ1v) is 8.85. The highest BCUT2D eigenvalue weighted by molar-refractivity contribution is 6.30. The van der Waals surface area contributed by atoms with Crippen LogP contribution in [0.4, 0.5) is 0 Å². The van der Waals surface area contributed by atoms with E-state index in [2.05, 4.69) is 29.3 Å². The molecule has 120 valence electrons. The third-order valence-electron chi connectivity index (χ3n) is 4.91. The SMILES string of the molecule is CCC(c1ccc(Cl)cc1)N1CCC(NC(=O)C2CC2)CC1. The van der Waals surface area contributed by atoms with E-state index in [1.807, 2.05) is 12.1 Å². The number of piperidine rings is 1. The monoisotopic (exact) mass is 320 g/mol. The Bertz CT molecular complexity index is 504. The summed E-state index contributed by atoms with van der Waals surface area (Å²) in [5.41, 5.74) is 1.34. The van der Waals surface area contributed by atoms with Gasteiger partial charge in [-0.3, -0.25) is 9.69 Å². The van der Waals surface area contributed by atoms with Gasteiger partial charge in [-0.1, -0.05) is 30.7 Å². The minimum absolute atomic E-state index is 0.281. The fourth-order valence-corrected chi connectivity index (χ4v) is 3.54. The van der Waals surface area contributed by atoms with E-state index < -0.39 is 0 Å². The van der Waals surface area contributed by atoms with E-state index in [1.54, 1.807) is 0 Å². The van der Waals surface area contributed by atoms with Gasteiger partial charge in [0, 0.05) is 36.1 Å². The predicted molar refractivity (Wildman–Crippen MR) is 89.9 cm³/mol. The second kappa shape index (κ2) is 7.01. The van der Waals surface area contributed by atoms with Crippen molar-refractivity contribution in [2.24, 2.45) is 5.92 Å². The summed E-state index contributed by atoms with van der Waals surface area (Å²) < 4.78 is 0. The van der Waals surface area contributed by atoms with Crippen LogP contribution in [0.5, 0.6) is 0 Å². The van der Waals surface area contributed by atoms with Gasteiger partial charge in [0.1, 0.15) is 0 Å². The summed E-state index contributed by atoms with van der Waals surface area (Å²) in [6, 6.07) is 9.05. The molecule has 1 aromatic carbocycles. The molecule has 2 aliphatic rings. The highest BCUT2D eigenvalue weighted by Gasteiger charge is 2.32. The number of carbonyl (C=O) groups excluding carboxylic acids is 1. The number of hydrogen-bond donors (Lipinski definition) is 1. The van der Waals surface area contributed by atoms with Crippen LogP contribution in [0, 0.1) is 5.92 Å². The summed E-state index contributed by atoms with van der Waals surface area (Å²) in [6.07, 6.45) is 5.38. The van der Waals surface area contributed by atoms with Crippen molar-refractivity contribution in [1.29, 1.82) is 0 Å². The van der Waals surface area contributed by atoms with Gasteiger partial charge in [-0.2, -0.15) is 0 Å². The Labute approximate surface area is 138 Å². The van der Waals surface area contributed by atoms with E-state index in [9.17, 15) is 4.79 Å². The molecule has 1 atom stereocenters. The second-order valence-corrected chi connectivity index (χ2v) is 7.01. The summed E-state index contributed by atoms with van der Waals surface area (Å²) in [4.78, 5) is 14.4. The van der Waals surface area contributed by atoms with Crippen LogP contribution in [-0.2, 0) is 4.79 Å². The standard InChI is InChI=1S/C18H25ClN2O/c1-2-17(13-5-7-15(19)8-6-13)21-11-9-16(10-12-21)20-18(22)14-3-4-14/h5-8,14,16-17H,2-4,9-12H2,1H3,(H,20,22). The lowest BCUT2D eigenvalue weighted by molar-refractivity contribution is -0.123. The first kappa shape index (κ1) is 15.8. The highest BCUT2D eigenvalue weighted by Crippen LogP contribution is 2.31. The molecule has 1 unspecified atom stereocenters. The van der Waals surface area contributed by atoms with Crippen LogP contribution >= 0.6 is 11.6 Å². The Kier molecular flexibility index (Phi) is 5.04. The number of carbonyl (C=O) groups is 1. The number of likely N-dealkylation sites (tertiary alicyclic amines) is 1. The van der Waals surface area contributed by atoms with E-state index in [-0.39, 0.29) is 5.91 Å². The van der Waals surface area contributed by atoms with Gasteiger partial charge < -0.3 is 5.32 Å². The van der Waals surface area contributed by atoms with Crippen LogP contribution in [0.3, 0.4) is 0 Å². The quantitative estimate of drug-likeness (QED) is 0.895. The van der Waals surface area contributed by atoms with Gasteiger partial charge >= 0.3 is 0 Å². The third kappa shape index (κ3) is 3.82. The summed E-state index contributed by atoms with van der Waals surface area (Å²) in [5, 5.41) is 4.01. The molecule has 22 heavy (non-hydrogen) atoms. The molecule has 1 aliphatic carbocycles. The molecule has 2 fully saturated rings. The van der Waals surface area contributed by atoms with E-state index >= 15 is 0 Å². The van der Waals surface area contributed by atoms with Crippen molar-refractivity contribution in [3.05, 3.63) is 34.9 Å². The number of amides is 1. The van der Waals surface area contributed by atoms with Gasteiger partial charge in [-0.15, -0.1) is 0 Å². The van der Waals surface area contributed by atoms with Gasteiger partial charge in [0.05, 0.1) is 0 Å². The number of nitrogens with one attached hydrogen (secondary N) is 1. The van der Waals surface area contributed by atoms with Crippen molar-refractivity contribution in [3.63, 3.8) is 0 Å². The second-order valence-electron chi connectivity index (χ2n) is 6.57. The molecule has 1 saturated carbocycles. The first-order valence-electron chi connectivity index (χ1n) is 8.47. The predicted octanol–water partition coefficient (Wildman–Crippen LogP) is 3.78. The molecule has 1 aromatic rings. The summed E-state index contributed by atoms with van der Waals surface area (Å²) in [7, 11) is 0. The highest BCUT2D eigenvalue weighted by atomic mass is 35.5. The number of nitrogens with zero attached hydrogens (tertiary/aromatic N) is 1. The maximum absolute atomic E-state index is 11.9. The van der Waals surface area contributed by atoms with Gasteiger partial charge in [0.15, 0.2) is 0 Å². The van der Waals surface area contributed by atoms with Crippen LogP contribution in [0.1, 0.15) is 50.6 Å². The number of rotatable bonds is 5. The van der Waals surface area contributed by atoms with Crippen LogP contribution in [0.2, 0.25) is 5.02 Å². The third-order valence-corrected chi connectivity index (χ3v) is 5.16. The van der Waals surface area contributed by atoms with E-state index in [0.717, 1.165) is 50.2 Å². The molecule has 1 aliphatic heterocycles. The van der Waals surface area contributed by atoms with Crippen molar-refractivity contribution in [1.82, 2.24) is 10.2 Å². The maximum Gasteiger partial charge on any atom is 0.223 e. The Morgan fingerprint density at radius 2 is 1.86 bits per heavy atom. The molecule has 1 saturated heterocycles. The molecular weight excluding hydrogens is 296 g/mol. The van der Waals surface area contributed by atoms with Crippen molar-refractivity contribution >= 4 is 17.5 Å².